The van der Waals surface area contributed by atoms with Crippen LogP contribution in [0, 0.1) is 19.7 Å². The van der Waals surface area contributed by atoms with Crippen molar-refractivity contribution in [2.45, 2.75) is 50.8 Å². The van der Waals surface area contributed by atoms with Gasteiger partial charge >= 0.3 is 0 Å². The SMILES string of the molecule is Cc1cc(S(=O)(=O)CCCO)cc(C)c1-c1ccc(F)c2c1CC[C@H]2C. The van der Waals surface area contributed by atoms with Crippen molar-refractivity contribution in [3.05, 3.63) is 52.3 Å². The molecule has 0 fully saturated rings. The Morgan fingerprint density at radius 2 is 1.85 bits per heavy atom. The predicted octanol–water partition coefficient (Wildman–Crippen LogP) is 4.32. The van der Waals surface area contributed by atoms with Crippen LogP contribution in [0.1, 0.15) is 47.9 Å². The molecule has 0 amide bonds. The number of rotatable bonds is 5. The summed E-state index contributed by atoms with van der Waals surface area (Å²) in [6.07, 6.45) is 2.01. The van der Waals surface area contributed by atoms with Gasteiger partial charge in [0.2, 0.25) is 0 Å². The van der Waals surface area contributed by atoms with Gasteiger partial charge in [0, 0.05) is 6.61 Å². The highest BCUT2D eigenvalue weighted by Gasteiger charge is 2.27. The molecule has 0 heterocycles. The molecule has 140 valence electrons. The first kappa shape index (κ1) is 19.1. The Labute approximate surface area is 154 Å². The van der Waals surface area contributed by atoms with Crippen molar-refractivity contribution in [2.75, 3.05) is 12.4 Å². The molecule has 3 nitrogen and oxygen atoms in total. The van der Waals surface area contributed by atoms with Crippen LogP contribution in [0.2, 0.25) is 0 Å². The first-order valence-electron chi connectivity index (χ1n) is 9.02. The largest absolute Gasteiger partial charge is 0.396 e. The molecule has 0 bridgehead atoms. The Morgan fingerprint density at radius 1 is 1.19 bits per heavy atom. The molecule has 26 heavy (non-hydrogen) atoms. The minimum Gasteiger partial charge on any atom is -0.396 e. The standard InChI is InChI=1S/C21H25FO3S/c1-13-5-6-18-17(7-8-19(22)21(13)18)20-14(2)11-16(12-15(20)3)26(24,25)10-4-9-23/h7-8,11-13,23H,4-6,9-10H2,1-3H3/t13-/m1/s1. The Hall–Kier alpha value is -1.72. The maximum atomic E-state index is 14.3. The number of halogens is 1. The molecule has 1 aliphatic carbocycles. The van der Waals surface area contributed by atoms with Crippen LogP contribution in [0.25, 0.3) is 11.1 Å². The Bertz CT molecular complexity index is 925. The number of aryl methyl sites for hydroxylation is 2. The van der Waals surface area contributed by atoms with Gasteiger partial charge in [-0.25, -0.2) is 12.8 Å². The number of sulfone groups is 1. The molecule has 1 N–H and O–H groups in total. The van der Waals surface area contributed by atoms with Gasteiger partial charge in [-0.15, -0.1) is 0 Å². The fraction of sp³-hybridized carbons (Fsp3) is 0.429. The average Bonchev–Trinajstić information content (AvgIpc) is 2.97. The second-order valence-electron chi connectivity index (χ2n) is 7.25. The van der Waals surface area contributed by atoms with Crippen LogP contribution >= 0.6 is 0 Å². The Balaban J connectivity index is 2.12. The summed E-state index contributed by atoms with van der Waals surface area (Å²) < 4.78 is 39.2. The van der Waals surface area contributed by atoms with E-state index in [1.165, 1.54) is 6.07 Å². The smallest absolute Gasteiger partial charge is 0.178 e. The summed E-state index contributed by atoms with van der Waals surface area (Å²) in [6, 6.07) is 6.74. The zero-order chi connectivity index (χ0) is 19.1. The molecule has 0 radical (unpaired) electrons. The third-order valence-electron chi connectivity index (χ3n) is 5.33. The van der Waals surface area contributed by atoms with Crippen molar-refractivity contribution in [2.24, 2.45) is 0 Å². The van der Waals surface area contributed by atoms with Gasteiger partial charge in [-0.05, 0) is 90.6 Å². The average molecular weight is 376 g/mol. The van der Waals surface area contributed by atoms with Gasteiger partial charge in [-0.3, -0.25) is 0 Å². The molecule has 5 heteroatoms. The highest BCUT2D eigenvalue weighted by Crippen LogP contribution is 2.42. The summed E-state index contributed by atoms with van der Waals surface area (Å²) in [6.45, 7) is 5.72. The van der Waals surface area contributed by atoms with Crippen molar-refractivity contribution >= 4 is 9.84 Å². The second kappa shape index (κ2) is 7.12. The second-order valence-corrected chi connectivity index (χ2v) is 9.36. The van der Waals surface area contributed by atoms with E-state index in [0.717, 1.165) is 46.2 Å². The molecule has 1 atom stereocenters. The molecule has 2 aromatic carbocycles. The zero-order valence-corrected chi connectivity index (χ0v) is 16.3. The lowest BCUT2D eigenvalue weighted by Gasteiger charge is -2.17. The molecule has 0 unspecified atom stereocenters. The van der Waals surface area contributed by atoms with E-state index in [9.17, 15) is 12.8 Å². The summed E-state index contributed by atoms with van der Waals surface area (Å²) in [7, 11) is -3.41. The van der Waals surface area contributed by atoms with Gasteiger partial charge in [-0.2, -0.15) is 0 Å². The molecular weight excluding hydrogens is 351 g/mol. The van der Waals surface area contributed by atoms with E-state index >= 15 is 0 Å². The Kier molecular flexibility index (Phi) is 5.22. The number of aliphatic hydroxyl groups is 1. The monoisotopic (exact) mass is 376 g/mol. The van der Waals surface area contributed by atoms with Gasteiger partial charge in [0.15, 0.2) is 9.84 Å². The van der Waals surface area contributed by atoms with Crippen LogP contribution in [0.3, 0.4) is 0 Å². The van der Waals surface area contributed by atoms with E-state index in [-0.39, 0.29) is 35.4 Å². The minimum absolute atomic E-state index is 0.0643. The first-order chi connectivity index (χ1) is 12.3. The molecule has 2 aromatic rings. The van der Waals surface area contributed by atoms with Gasteiger partial charge < -0.3 is 5.11 Å². The number of fused-ring (bicyclic) bond motifs is 1. The molecule has 3 rings (SSSR count). The molecule has 0 spiro atoms. The first-order valence-corrected chi connectivity index (χ1v) is 10.7. The molecule has 0 saturated heterocycles. The molecule has 0 aliphatic heterocycles. The van der Waals surface area contributed by atoms with Crippen molar-refractivity contribution in [3.8, 4) is 11.1 Å². The Morgan fingerprint density at radius 3 is 2.46 bits per heavy atom. The summed E-state index contributed by atoms with van der Waals surface area (Å²) in [5.41, 5.74) is 5.62. The van der Waals surface area contributed by atoms with E-state index in [4.69, 9.17) is 5.11 Å². The van der Waals surface area contributed by atoms with Crippen molar-refractivity contribution in [1.29, 1.82) is 0 Å². The van der Waals surface area contributed by atoms with Crippen LogP contribution in [0.4, 0.5) is 4.39 Å². The zero-order valence-electron chi connectivity index (χ0n) is 15.5. The summed E-state index contributed by atoms with van der Waals surface area (Å²) >= 11 is 0. The fourth-order valence-corrected chi connectivity index (χ4v) is 5.54. The van der Waals surface area contributed by atoms with Crippen molar-refractivity contribution in [3.63, 3.8) is 0 Å². The lowest BCUT2D eigenvalue weighted by molar-refractivity contribution is 0.295. The highest BCUT2D eigenvalue weighted by atomic mass is 32.2. The fourth-order valence-electron chi connectivity index (χ4n) is 4.08. The summed E-state index contributed by atoms with van der Waals surface area (Å²) in [5.74, 6) is 0.00140. The van der Waals surface area contributed by atoms with Gasteiger partial charge in [0.1, 0.15) is 5.82 Å². The third-order valence-corrected chi connectivity index (χ3v) is 7.11. The van der Waals surface area contributed by atoms with Crippen LogP contribution in [0.5, 0.6) is 0 Å². The summed E-state index contributed by atoms with van der Waals surface area (Å²) in [5, 5.41) is 8.92. The van der Waals surface area contributed by atoms with Crippen LogP contribution < -0.4 is 0 Å². The molecule has 0 aromatic heterocycles. The highest BCUT2D eigenvalue weighted by molar-refractivity contribution is 7.91. The lowest BCUT2D eigenvalue weighted by Crippen LogP contribution is -2.09. The molecule has 1 aliphatic rings. The maximum absolute atomic E-state index is 14.3. The minimum atomic E-state index is -3.41. The molecular formula is C21H25FO3S. The van der Waals surface area contributed by atoms with Crippen LogP contribution in [0.15, 0.2) is 29.2 Å². The number of hydrogen-bond acceptors (Lipinski definition) is 3. The van der Waals surface area contributed by atoms with E-state index in [2.05, 4.69) is 6.92 Å². The normalized spacial score (nSPS) is 16.7. The van der Waals surface area contributed by atoms with Gasteiger partial charge in [-0.1, -0.05) is 13.0 Å². The predicted molar refractivity (Wildman–Crippen MR) is 102 cm³/mol. The maximum Gasteiger partial charge on any atom is 0.178 e. The number of hydrogen-bond donors (Lipinski definition) is 1. The van der Waals surface area contributed by atoms with Crippen molar-refractivity contribution in [1.82, 2.24) is 0 Å². The van der Waals surface area contributed by atoms with Crippen molar-refractivity contribution < 1.29 is 17.9 Å². The lowest BCUT2D eigenvalue weighted by atomic mass is 9.90. The number of aliphatic hydroxyl groups excluding tert-OH is 1. The van der Waals surface area contributed by atoms with Gasteiger partial charge in [0.25, 0.3) is 0 Å². The number of benzene rings is 2. The quantitative estimate of drug-likeness (QED) is 0.846. The topological polar surface area (TPSA) is 54.4 Å². The van der Waals surface area contributed by atoms with E-state index in [0.29, 0.717) is 0 Å². The molecule has 0 saturated carbocycles. The van der Waals surface area contributed by atoms with E-state index < -0.39 is 9.84 Å². The third kappa shape index (κ3) is 3.30. The summed E-state index contributed by atoms with van der Waals surface area (Å²) in [4.78, 5) is 0.289. The van der Waals surface area contributed by atoms with Crippen LogP contribution in [-0.2, 0) is 16.3 Å². The van der Waals surface area contributed by atoms with Crippen LogP contribution in [-0.4, -0.2) is 25.9 Å². The van der Waals surface area contributed by atoms with Gasteiger partial charge in [0.05, 0.1) is 10.6 Å². The van der Waals surface area contributed by atoms with E-state index in [1.54, 1.807) is 12.1 Å². The van der Waals surface area contributed by atoms with E-state index in [1.807, 2.05) is 19.9 Å².